The molecule has 0 aromatic carbocycles. The van der Waals surface area contributed by atoms with Crippen molar-refractivity contribution in [1.82, 2.24) is 0 Å². The highest BCUT2D eigenvalue weighted by atomic mass is 19.4. The molecule has 11 heteroatoms. The Balaban J connectivity index is 0.000000477. The van der Waals surface area contributed by atoms with E-state index in [4.69, 9.17) is 4.74 Å². The normalized spacial score (nSPS) is 18.2. The van der Waals surface area contributed by atoms with Crippen LogP contribution in [-0.4, -0.2) is 55.9 Å². The highest BCUT2D eigenvalue weighted by Gasteiger charge is 2.69. The smallest absolute Gasteiger partial charge is 0.445 e. The van der Waals surface area contributed by atoms with Crippen LogP contribution in [0, 0.1) is 0 Å². The van der Waals surface area contributed by atoms with Gasteiger partial charge in [0.2, 0.25) is 0 Å². The molecule has 1 heterocycles. The lowest BCUT2D eigenvalue weighted by Crippen LogP contribution is -2.53. The summed E-state index contributed by atoms with van der Waals surface area (Å²) in [6.07, 6.45) is -0.725. The monoisotopic (exact) mass is 387 g/mol. The SMILES string of the molecule is CCCC[N+]1(COC(C)C)CCCC1.F[B-](F)(F)C(F)(F)C(F)(F)F. The van der Waals surface area contributed by atoms with Crippen molar-refractivity contribution >= 4 is 6.98 Å². The first-order valence-electron chi connectivity index (χ1n) is 8.29. The van der Waals surface area contributed by atoms with Gasteiger partial charge in [-0.05, 0) is 20.3 Å². The van der Waals surface area contributed by atoms with E-state index < -0.39 is 19.0 Å². The van der Waals surface area contributed by atoms with E-state index in [1.807, 2.05) is 0 Å². The molecule has 25 heavy (non-hydrogen) atoms. The zero-order chi connectivity index (χ0) is 19.9. The summed E-state index contributed by atoms with van der Waals surface area (Å²) in [5, 5.41) is 0. The third-order valence-corrected chi connectivity index (χ3v) is 3.97. The van der Waals surface area contributed by atoms with E-state index in [0.29, 0.717) is 6.10 Å². The Morgan fingerprint density at radius 2 is 1.48 bits per heavy atom. The highest BCUT2D eigenvalue weighted by Crippen LogP contribution is 2.44. The summed E-state index contributed by atoms with van der Waals surface area (Å²) >= 11 is 0. The van der Waals surface area contributed by atoms with Gasteiger partial charge in [0.25, 0.3) is 0 Å². The van der Waals surface area contributed by atoms with Gasteiger partial charge in [-0.1, -0.05) is 13.3 Å². The Morgan fingerprint density at radius 3 is 1.76 bits per heavy atom. The van der Waals surface area contributed by atoms with Crippen molar-refractivity contribution in [3.8, 4) is 0 Å². The molecule has 0 N–H and O–H groups in total. The molecule has 2 nitrogen and oxygen atoms in total. The minimum absolute atomic E-state index is 0.382. The summed E-state index contributed by atoms with van der Waals surface area (Å²) in [5.41, 5.74) is 0. The molecule has 0 unspecified atom stereocenters. The molecule has 0 atom stereocenters. The van der Waals surface area contributed by atoms with Crippen LogP contribution in [-0.2, 0) is 4.74 Å². The van der Waals surface area contributed by atoms with Crippen molar-refractivity contribution in [1.29, 1.82) is 0 Å². The Hall–Kier alpha value is -0.575. The van der Waals surface area contributed by atoms with Crippen molar-refractivity contribution < 1.29 is 44.1 Å². The van der Waals surface area contributed by atoms with Crippen molar-refractivity contribution in [3.63, 3.8) is 0 Å². The van der Waals surface area contributed by atoms with Gasteiger partial charge in [-0.2, -0.15) is 13.2 Å². The first-order valence-corrected chi connectivity index (χ1v) is 8.29. The first kappa shape index (κ1) is 24.4. The van der Waals surface area contributed by atoms with E-state index in [2.05, 4.69) is 20.8 Å². The average molecular weight is 387 g/mol. The zero-order valence-corrected chi connectivity index (χ0v) is 14.7. The largest absolute Gasteiger partial charge is 0.558 e. The van der Waals surface area contributed by atoms with E-state index in [0.717, 1.165) is 6.73 Å². The standard InChI is InChI=1S/C12H26NO.C2BF8/c1-4-5-8-13(9-6-7-10-13)11-14-12(2)3;4-1(5,2(6,7)8)3(9,10)11/h12H,4-11H2,1-3H3;/q+1;-1. The van der Waals surface area contributed by atoms with E-state index >= 15 is 0 Å². The molecule has 0 bridgehead atoms. The predicted octanol–water partition coefficient (Wildman–Crippen LogP) is 5.35. The predicted molar refractivity (Wildman–Crippen MR) is 80.2 cm³/mol. The molecule has 0 amide bonds. The first-order chi connectivity index (χ1) is 11.2. The lowest BCUT2D eigenvalue weighted by molar-refractivity contribution is -0.935. The maximum absolute atomic E-state index is 11.2. The number of hydrogen-bond donors (Lipinski definition) is 0. The molecule has 0 radical (unpaired) electrons. The maximum Gasteiger partial charge on any atom is 0.558 e. The third kappa shape index (κ3) is 7.68. The molecule has 0 aliphatic carbocycles. The molecule has 1 fully saturated rings. The minimum atomic E-state index is -7.21. The fourth-order valence-corrected chi connectivity index (χ4v) is 2.41. The number of nitrogens with zero attached hydrogens (tertiary/aromatic N) is 1. The second-order valence-electron chi connectivity index (χ2n) is 6.61. The topological polar surface area (TPSA) is 9.23 Å². The number of rotatable bonds is 7. The van der Waals surface area contributed by atoms with Crippen molar-refractivity contribution in [2.24, 2.45) is 0 Å². The summed E-state index contributed by atoms with van der Waals surface area (Å²) < 4.78 is 94.8. The third-order valence-electron chi connectivity index (χ3n) is 3.97. The van der Waals surface area contributed by atoms with E-state index in [-0.39, 0.29) is 0 Å². The number of ether oxygens (including phenoxy) is 1. The summed E-state index contributed by atoms with van der Waals surface area (Å²) in [6.45, 7) is 4.27. The van der Waals surface area contributed by atoms with Crippen LogP contribution in [0.5, 0.6) is 0 Å². The summed E-state index contributed by atoms with van der Waals surface area (Å²) in [5.74, 6) is -6.56. The fraction of sp³-hybridized carbons (Fsp3) is 1.00. The average Bonchev–Trinajstić information content (AvgIpc) is 2.91. The van der Waals surface area contributed by atoms with Crippen LogP contribution in [0.1, 0.15) is 46.5 Å². The number of alkyl halides is 5. The van der Waals surface area contributed by atoms with Gasteiger partial charge >= 0.3 is 19.0 Å². The van der Waals surface area contributed by atoms with Crippen LogP contribution in [0.3, 0.4) is 0 Å². The summed E-state index contributed by atoms with van der Waals surface area (Å²) in [4.78, 5) is 0. The van der Waals surface area contributed by atoms with Crippen molar-refractivity contribution in [2.45, 2.75) is 64.6 Å². The second kappa shape index (κ2) is 9.39. The van der Waals surface area contributed by atoms with Gasteiger partial charge in [0.05, 0.1) is 25.7 Å². The van der Waals surface area contributed by atoms with Crippen molar-refractivity contribution in [2.75, 3.05) is 26.4 Å². The number of hydrogen-bond acceptors (Lipinski definition) is 1. The van der Waals surface area contributed by atoms with Crippen LogP contribution in [0.25, 0.3) is 0 Å². The van der Waals surface area contributed by atoms with Crippen LogP contribution >= 0.6 is 0 Å². The molecule has 0 saturated carbocycles. The highest BCUT2D eigenvalue weighted by molar-refractivity contribution is 6.61. The van der Waals surface area contributed by atoms with Crippen LogP contribution in [0.4, 0.5) is 34.9 Å². The van der Waals surface area contributed by atoms with E-state index in [1.54, 1.807) is 0 Å². The van der Waals surface area contributed by atoms with Gasteiger partial charge in [-0.15, -0.1) is 0 Å². The van der Waals surface area contributed by atoms with Crippen LogP contribution in [0.15, 0.2) is 0 Å². The molecule has 1 aliphatic rings. The molecule has 1 saturated heterocycles. The molecule has 1 rings (SSSR count). The lowest BCUT2D eigenvalue weighted by atomic mass is 9.80. The molecule has 1 aliphatic heterocycles. The van der Waals surface area contributed by atoms with Gasteiger partial charge in [0.15, 0.2) is 6.73 Å². The molecule has 0 aromatic heterocycles. The second-order valence-corrected chi connectivity index (χ2v) is 6.61. The number of halogens is 8. The number of quaternary nitrogens is 1. The Kier molecular flexibility index (Phi) is 9.17. The van der Waals surface area contributed by atoms with Crippen LogP contribution in [0.2, 0.25) is 0 Å². The Labute approximate surface area is 143 Å². The fourth-order valence-electron chi connectivity index (χ4n) is 2.41. The minimum Gasteiger partial charge on any atom is -0.445 e. The number of likely N-dealkylation sites (tertiary alicyclic amines) is 1. The molecular weight excluding hydrogens is 361 g/mol. The van der Waals surface area contributed by atoms with Gasteiger partial charge in [-0.3, -0.25) is 0 Å². The molecule has 152 valence electrons. The van der Waals surface area contributed by atoms with Crippen LogP contribution < -0.4 is 0 Å². The number of unbranched alkanes of at least 4 members (excludes halogenated alkanes) is 1. The van der Waals surface area contributed by atoms with Gasteiger partial charge < -0.3 is 22.2 Å². The Morgan fingerprint density at radius 1 is 1.00 bits per heavy atom. The van der Waals surface area contributed by atoms with E-state index in [9.17, 15) is 34.9 Å². The maximum atomic E-state index is 11.2. The molecule has 0 spiro atoms. The van der Waals surface area contributed by atoms with Crippen molar-refractivity contribution in [3.05, 3.63) is 0 Å². The summed E-state index contributed by atoms with van der Waals surface area (Å²) in [7, 11) is 0. The summed E-state index contributed by atoms with van der Waals surface area (Å²) in [6, 6.07) is 0. The van der Waals surface area contributed by atoms with Gasteiger partial charge in [-0.25, -0.2) is 8.78 Å². The molecule has 0 aromatic rings. The molecular formula is C14H26BF8NO. The zero-order valence-electron chi connectivity index (χ0n) is 14.7. The van der Waals surface area contributed by atoms with Gasteiger partial charge in [0.1, 0.15) is 0 Å². The van der Waals surface area contributed by atoms with Gasteiger partial charge in [0, 0.05) is 12.8 Å². The quantitative estimate of drug-likeness (QED) is 0.325. The Bertz CT molecular complexity index is 362. The van der Waals surface area contributed by atoms with E-state index in [1.165, 1.54) is 49.8 Å². The lowest BCUT2D eigenvalue weighted by Gasteiger charge is -2.34.